The molecule has 0 N–H and O–H groups in total. The Morgan fingerprint density at radius 2 is 2.05 bits per heavy atom. The van der Waals surface area contributed by atoms with Crippen molar-refractivity contribution in [3.8, 4) is 11.5 Å². The van der Waals surface area contributed by atoms with Gasteiger partial charge >= 0.3 is 0 Å². The lowest BCUT2D eigenvalue weighted by atomic mass is 10.2. The van der Waals surface area contributed by atoms with Crippen molar-refractivity contribution in [2.45, 2.75) is 25.6 Å². The van der Waals surface area contributed by atoms with Crippen LogP contribution in [0.25, 0.3) is 0 Å². The minimum absolute atomic E-state index is 0.446. The zero-order chi connectivity index (χ0) is 14.2. The van der Waals surface area contributed by atoms with Gasteiger partial charge in [-0.3, -0.25) is 0 Å². The highest BCUT2D eigenvalue weighted by atomic mass is 35.5. The molecule has 2 nitrogen and oxygen atoms in total. The Morgan fingerprint density at radius 3 is 2.75 bits per heavy atom. The third-order valence-electron chi connectivity index (χ3n) is 2.88. The van der Waals surface area contributed by atoms with Crippen molar-refractivity contribution in [3.05, 3.63) is 46.2 Å². The molecule has 0 aliphatic heterocycles. The van der Waals surface area contributed by atoms with E-state index in [0.29, 0.717) is 19.1 Å². The van der Waals surface area contributed by atoms with Crippen LogP contribution in [0.4, 0.5) is 0 Å². The summed E-state index contributed by atoms with van der Waals surface area (Å²) < 4.78 is 11.5. The molecule has 0 aliphatic carbocycles. The summed E-state index contributed by atoms with van der Waals surface area (Å²) in [5, 5.41) is 4.23. The van der Waals surface area contributed by atoms with Gasteiger partial charge < -0.3 is 9.47 Å². The quantitative estimate of drug-likeness (QED) is 0.646. The van der Waals surface area contributed by atoms with E-state index < -0.39 is 0 Å². The van der Waals surface area contributed by atoms with Crippen LogP contribution in [0.15, 0.2) is 35.0 Å². The Hall–Kier alpha value is -1.19. The van der Waals surface area contributed by atoms with Crippen molar-refractivity contribution in [3.63, 3.8) is 0 Å². The summed E-state index contributed by atoms with van der Waals surface area (Å²) in [5.74, 6) is 2.11. The van der Waals surface area contributed by atoms with Crippen molar-refractivity contribution in [2.24, 2.45) is 0 Å². The van der Waals surface area contributed by atoms with Gasteiger partial charge in [0.05, 0.1) is 19.1 Å². The Labute approximate surface area is 129 Å². The van der Waals surface area contributed by atoms with E-state index in [4.69, 9.17) is 21.1 Å². The summed E-state index contributed by atoms with van der Waals surface area (Å²) in [6.07, 6.45) is 1.90. The van der Waals surface area contributed by atoms with Gasteiger partial charge in [0.1, 0.15) is 11.5 Å². The van der Waals surface area contributed by atoms with Gasteiger partial charge in [-0.2, -0.15) is 11.3 Å². The number of benzene rings is 1. The van der Waals surface area contributed by atoms with Gasteiger partial charge in [-0.15, -0.1) is 11.6 Å². The largest absolute Gasteiger partial charge is 0.493 e. The standard InChI is InChI=1S/C16H19ClO2S/c1-2-7-18-15-4-3-14(11-17)16(10-15)19-8-5-13-6-9-20-12-13/h3-4,6,9-10,12H,2,5,7-8,11H2,1H3. The minimum Gasteiger partial charge on any atom is -0.493 e. The number of halogens is 1. The zero-order valence-electron chi connectivity index (χ0n) is 11.6. The van der Waals surface area contributed by atoms with E-state index in [1.807, 2.05) is 18.2 Å². The van der Waals surface area contributed by atoms with Gasteiger partial charge in [0.25, 0.3) is 0 Å². The maximum atomic E-state index is 5.95. The van der Waals surface area contributed by atoms with Crippen LogP contribution in [0, 0.1) is 0 Å². The van der Waals surface area contributed by atoms with Crippen LogP contribution in [0.1, 0.15) is 24.5 Å². The predicted molar refractivity (Wildman–Crippen MR) is 85.3 cm³/mol. The molecule has 0 aliphatic rings. The fourth-order valence-corrected chi connectivity index (χ4v) is 2.73. The first-order valence-corrected chi connectivity index (χ1v) is 8.26. The number of hydrogen-bond acceptors (Lipinski definition) is 3. The van der Waals surface area contributed by atoms with Gasteiger partial charge in [0, 0.05) is 18.1 Å². The molecule has 0 unspecified atom stereocenters. The van der Waals surface area contributed by atoms with Gasteiger partial charge in [-0.1, -0.05) is 13.0 Å². The Morgan fingerprint density at radius 1 is 1.15 bits per heavy atom. The lowest BCUT2D eigenvalue weighted by molar-refractivity contribution is 0.302. The zero-order valence-corrected chi connectivity index (χ0v) is 13.2. The van der Waals surface area contributed by atoms with E-state index in [2.05, 4.69) is 23.8 Å². The van der Waals surface area contributed by atoms with Crippen molar-refractivity contribution >= 4 is 22.9 Å². The summed E-state index contributed by atoms with van der Waals surface area (Å²) in [5.41, 5.74) is 2.31. The van der Waals surface area contributed by atoms with Gasteiger partial charge in [0.2, 0.25) is 0 Å². The second-order valence-electron chi connectivity index (χ2n) is 4.48. The fourth-order valence-electron chi connectivity index (χ4n) is 1.80. The SMILES string of the molecule is CCCOc1ccc(CCl)c(OCCc2ccsc2)c1. The molecule has 1 aromatic carbocycles. The van der Waals surface area contributed by atoms with Crippen molar-refractivity contribution < 1.29 is 9.47 Å². The molecule has 0 amide bonds. The summed E-state index contributed by atoms with van der Waals surface area (Å²) in [6.45, 7) is 3.46. The molecule has 0 radical (unpaired) electrons. The smallest absolute Gasteiger partial charge is 0.127 e. The third kappa shape index (κ3) is 4.43. The first-order chi connectivity index (χ1) is 9.83. The molecule has 108 valence electrons. The fraction of sp³-hybridized carbons (Fsp3) is 0.375. The number of hydrogen-bond donors (Lipinski definition) is 0. The molecule has 4 heteroatoms. The lowest BCUT2D eigenvalue weighted by Crippen LogP contribution is -2.03. The monoisotopic (exact) mass is 310 g/mol. The van der Waals surface area contributed by atoms with E-state index >= 15 is 0 Å². The summed E-state index contributed by atoms with van der Waals surface area (Å²) in [7, 11) is 0. The first kappa shape index (κ1) is 15.2. The van der Waals surface area contributed by atoms with Gasteiger partial charge in [-0.25, -0.2) is 0 Å². The molecule has 0 saturated carbocycles. The van der Waals surface area contributed by atoms with Crippen LogP contribution in [0.5, 0.6) is 11.5 Å². The van der Waals surface area contributed by atoms with Crippen LogP contribution in [-0.2, 0) is 12.3 Å². The van der Waals surface area contributed by atoms with E-state index in [9.17, 15) is 0 Å². The number of alkyl halides is 1. The molecule has 0 bridgehead atoms. The van der Waals surface area contributed by atoms with Crippen LogP contribution in [0.3, 0.4) is 0 Å². The van der Waals surface area contributed by atoms with Gasteiger partial charge in [0.15, 0.2) is 0 Å². The van der Waals surface area contributed by atoms with Crippen molar-refractivity contribution in [1.82, 2.24) is 0 Å². The van der Waals surface area contributed by atoms with Crippen LogP contribution >= 0.6 is 22.9 Å². The topological polar surface area (TPSA) is 18.5 Å². The third-order valence-corrected chi connectivity index (χ3v) is 3.90. The molecule has 0 spiro atoms. The highest BCUT2D eigenvalue weighted by Crippen LogP contribution is 2.26. The lowest BCUT2D eigenvalue weighted by Gasteiger charge is -2.12. The molecule has 0 atom stereocenters. The highest BCUT2D eigenvalue weighted by molar-refractivity contribution is 7.07. The molecule has 20 heavy (non-hydrogen) atoms. The second-order valence-corrected chi connectivity index (χ2v) is 5.53. The Kier molecular flexibility index (Phi) is 6.22. The Bertz CT molecular complexity index is 511. The normalized spacial score (nSPS) is 10.5. The van der Waals surface area contributed by atoms with E-state index in [-0.39, 0.29) is 0 Å². The maximum Gasteiger partial charge on any atom is 0.127 e. The molecular weight excluding hydrogens is 292 g/mol. The van der Waals surface area contributed by atoms with Crippen molar-refractivity contribution in [2.75, 3.05) is 13.2 Å². The molecule has 2 rings (SSSR count). The van der Waals surface area contributed by atoms with Gasteiger partial charge in [-0.05, 0) is 34.9 Å². The summed E-state index contributed by atoms with van der Waals surface area (Å²) in [6, 6.07) is 7.97. The number of thiophene rings is 1. The van der Waals surface area contributed by atoms with Crippen molar-refractivity contribution in [1.29, 1.82) is 0 Å². The maximum absolute atomic E-state index is 5.95. The first-order valence-electron chi connectivity index (χ1n) is 6.79. The minimum atomic E-state index is 0.446. The number of ether oxygens (including phenoxy) is 2. The summed E-state index contributed by atoms with van der Waals surface area (Å²) in [4.78, 5) is 0. The average Bonchev–Trinajstić information content (AvgIpc) is 2.98. The predicted octanol–water partition coefficient (Wildman–Crippen LogP) is 4.90. The molecule has 0 saturated heterocycles. The average molecular weight is 311 g/mol. The van der Waals surface area contributed by atoms with E-state index in [1.165, 1.54) is 5.56 Å². The molecular formula is C16H19ClO2S. The Balaban J connectivity index is 1.96. The van der Waals surface area contributed by atoms with Crippen LogP contribution in [-0.4, -0.2) is 13.2 Å². The highest BCUT2D eigenvalue weighted by Gasteiger charge is 2.06. The van der Waals surface area contributed by atoms with E-state index in [0.717, 1.165) is 29.9 Å². The molecule has 1 aromatic heterocycles. The number of rotatable bonds is 8. The molecule has 1 heterocycles. The van der Waals surface area contributed by atoms with E-state index in [1.54, 1.807) is 11.3 Å². The van der Waals surface area contributed by atoms with Crippen LogP contribution in [0.2, 0.25) is 0 Å². The summed E-state index contributed by atoms with van der Waals surface area (Å²) >= 11 is 7.66. The molecule has 2 aromatic rings. The van der Waals surface area contributed by atoms with Crippen LogP contribution < -0.4 is 9.47 Å². The second kappa shape index (κ2) is 8.18. The molecule has 0 fully saturated rings.